The summed E-state index contributed by atoms with van der Waals surface area (Å²) in [6, 6.07) is 10.6. The predicted octanol–water partition coefficient (Wildman–Crippen LogP) is 3.31. The zero-order valence-electron chi connectivity index (χ0n) is 8.66. The molecule has 0 fully saturated rings. The maximum atomic E-state index is 2.32. The first-order valence-corrected chi connectivity index (χ1v) is 5.10. The number of anilines is 1. The lowest BCUT2D eigenvalue weighted by molar-refractivity contribution is 0.705. The fourth-order valence-corrected chi connectivity index (χ4v) is 1.41. The van der Waals surface area contributed by atoms with Gasteiger partial charge in [-0.05, 0) is 18.6 Å². The van der Waals surface area contributed by atoms with Gasteiger partial charge < -0.3 is 4.90 Å². The van der Waals surface area contributed by atoms with Crippen LogP contribution in [-0.4, -0.2) is 13.6 Å². The predicted molar refractivity (Wildman–Crippen MR) is 59.2 cm³/mol. The molecule has 1 nitrogen and oxygen atoms in total. The Morgan fingerprint density at radius 1 is 1.08 bits per heavy atom. The van der Waals surface area contributed by atoms with Crippen LogP contribution in [0.3, 0.4) is 0 Å². The molecule has 1 aromatic carbocycles. The number of rotatable bonds is 5. The molecule has 0 amide bonds. The van der Waals surface area contributed by atoms with Crippen molar-refractivity contribution in [3.63, 3.8) is 0 Å². The molecule has 0 aliphatic carbocycles. The number of hydrogen-bond acceptors (Lipinski definition) is 1. The van der Waals surface area contributed by atoms with Gasteiger partial charge >= 0.3 is 0 Å². The van der Waals surface area contributed by atoms with Crippen LogP contribution in [0.1, 0.15) is 26.2 Å². The van der Waals surface area contributed by atoms with E-state index in [2.05, 4.69) is 49.2 Å². The minimum atomic E-state index is 1.16. The van der Waals surface area contributed by atoms with E-state index in [1.165, 1.54) is 24.9 Å². The van der Waals surface area contributed by atoms with E-state index >= 15 is 0 Å². The molecular weight excluding hydrogens is 158 g/mol. The van der Waals surface area contributed by atoms with Crippen molar-refractivity contribution >= 4 is 5.69 Å². The molecule has 1 heteroatoms. The molecule has 0 radical (unpaired) electrons. The van der Waals surface area contributed by atoms with Gasteiger partial charge in [0, 0.05) is 19.3 Å². The molecule has 0 aliphatic rings. The third kappa shape index (κ3) is 3.49. The zero-order valence-corrected chi connectivity index (χ0v) is 8.66. The van der Waals surface area contributed by atoms with Crippen molar-refractivity contribution in [3.8, 4) is 0 Å². The third-order valence-corrected chi connectivity index (χ3v) is 2.29. The summed E-state index contributed by atoms with van der Waals surface area (Å²) in [5, 5.41) is 0. The van der Waals surface area contributed by atoms with E-state index in [1.807, 2.05) is 0 Å². The van der Waals surface area contributed by atoms with Crippen molar-refractivity contribution in [3.05, 3.63) is 30.3 Å². The second-order valence-corrected chi connectivity index (χ2v) is 3.46. The van der Waals surface area contributed by atoms with E-state index in [0.717, 1.165) is 6.54 Å². The summed E-state index contributed by atoms with van der Waals surface area (Å²) in [5.74, 6) is 0. The van der Waals surface area contributed by atoms with Gasteiger partial charge in [0.1, 0.15) is 0 Å². The lowest BCUT2D eigenvalue weighted by Gasteiger charge is -2.18. The average Bonchev–Trinajstić information content (AvgIpc) is 2.19. The molecule has 0 N–H and O–H groups in total. The van der Waals surface area contributed by atoms with Crippen molar-refractivity contribution in [1.29, 1.82) is 0 Å². The molecule has 0 aromatic heterocycles. The van der Waals surface area contributed by atoms with Crippen molar-refractivity contribution in [2.45, 2.75) is 26.2 Å². The highest BCUT2D eigenvalue weighted by atomic mass is 15.1. The van der Waals surface area contributed by atoms with Crippen LogP contribution in [0.15, 0.2) is 30.3 Å². The van der Waals surface area contributed by atoms with Crippen LogP contribution >= 0.6 is 0 Å². The monoisotopic (exact) mass is 177 g/mol. The summed E-state index contributed by atoms with van der Waals surface area (Å²) in [7, 11) is 2.16. The smallest absolute Gasteiger partial charge is 0.0363 e. The molecule has 0 unspecified atom stereocenters. The molecule has 1 rings (SSSR count). The Labute approximate surface area is 81.4 Å². The molecule has 0 atom stereocenters. The lowest BCUT2D eigenvalue weighted by Crippen LogP contribution is -2.17. The van der Waals surface area contributed by atoms with Gasteiger partial charge in [0.2, 0.25) is 0 Å². The topological polar surface area (TPSA) is 3.24 Å². The minimum Gasteiger partial charge on any atom is -0.375 e. The Kier molecular flexibility index (Phi) is 4.37. The first-order chi connectivity index (χ1) is 6.34. The molecule has 0 aliphatic heterocycles. The second kappa shape index (κ2) is 5.63. The Bertz CT molecular complexity index is 218. The standard InChI is InChI=1S/C12H19N/c1-3-4-8-11-13(2)12-9-6-5-7-10-12/h5-7,9-10H,3-4,8,11H2,1-2H3. The highest BCUT2D eigenvalue weighted by Crippen LogP contribution is 2.11. The number of unbranched alkanes of at least 4 members (excludes halogenated alkanes) is 2. The number of hydrogen-bond donors (Lipinski definition) is 0. The quantitative estimate of drug-likeness (QED) is 0.624. The van der Waals surface area contributed by atoms with E-state index in [4.69, 9.17) is 0 Å². The summed E-state index contributed by atoms with van der Waals surface area (Å²) in [6.07, 6.45) is 3.92. The van der Waals surface area contributed by atoms with Gasteiger partial charge in [-0.15, -0.1) is 0 Å². The molecular formula is C12H19N. The van der Waals surface area contributed by atoms with E-state index in [-0.39, 0.29) is 0 Å². The lowest BCUT2D eigenvalue weighted by atomic mass is 10.2. The molecule has 0 bridgehead atoms. The van der Waals surface area contributed by atoms with Crippen molar-refractivity contribution in [2.24, 2.45) is 0 Å². The number of para-hydroxylation sites is 1. The maximum Gasteiger partial charge on any atom is 0.0363 e. The third-order valence-electron chi connectivity index (χ3n) is 2.29. The summed E-state index contributed by atoms with van der Waals surface area (Å²) in [5.41, 5.74) is 1.32. The van der Waals surface area contributed by atoms with Gasteiger partial charge in [0.05, 0.1) is 0 Å². The van der Waals surface area contributed by atoms with Crippen LogP contribution in [0.25, 0.3) is 0 Å². The fraction of sp³-hybridized carbons (Fsp3) is 0.500. The summed E-state index contributed by atoms with van der Waals surface area (Å²) in [6.45, 7) is 3.40. The Morgan fingerprint density at radius 2 is 1.77 bits per heavy atom. The Morgan fingerprint density at radius 3 is 2.38 bits per heavy atom. The van der Waals surface area contributed by atoms with Crippen LogP contribution in [0.2, 0.25) is 0 Å². The van der Waals surface area contributed by atoms with Crippen LogP contribution in [-0.2, 0) is 0 Å². The highest BCUT2D eigenvalue weighted by molar-refractivity contribution is 5.44. The normalized spacial score (nSPS) is 10.0. The second-order valence-electron chi connectivity index (χ2n) is 3.46. The molecule has 0 saturated carbocycles. The van der Waals surface area contributed by atoms with Gasteiger partial charge in [-0.2, -0.15) is 0 Å². The van der Waals surface area contributed by atoms with E-state index < -0.39 is 0 Å². The van der Waals surface area contributed by atoms with Gasteiger partial charge in [0.25, 0.3) is 0 Å². The van der Waals surface area contributed by atoms with Crippen LogP contribution in [0, 0.1) is 0 Å². The molecule has 1 aromatic rings. The summed E-state index contributed by atoms with van der Waals surface area (Å²) >= 11 is 0. The minimum absolute atomic E-state index is 1.16. The zero-order chi connectivity index (χ0) is 9.52. The Balaban J connectivity index is 2.35. The summed E-state index contributed by atoms with van der Waals surface area (Å²) < 4.78 is 0. The highest BCUT2D eigenvalue weighted by Gasteiger charge is 1.97. The first-order valence-electron chi connectivity index (χ1n) is 5.10. The maximum absolute atomic E-state index is 2.32. The van der Waals surface area contributed by atoms with Gasteiger partial charge in [-0.3, -0.25) is 0 Å². The van der Waals surface area contributed by atoms with E-state index in [1.54, 1.807) is 0 Å². The van der Waals surface area contributed by atoms with Gasteiger partial charge in [0.15, 0.2) is 0 Å². The Hall–Kier alpha value is -0.980. The molecule has 0 saturated heterocycles. The summed E-state index contributed by atoms with van der Waals surface area (Å²) in [4.78, 5) is 2.32. The first kappa shape index (κ1) is 10.1. The van der Waals surface area contributed by atoms with Crippen LogP contribution in [0.5, 0.6) is 0 Å². The van der Waals surface area contributed by atoms with Crippen LogP contribution < -0.4 is 4.90 Å². The number of benzene rings is 1. The van der Waals surface area contributed by atoms with Crippen molar-refractivity contribution < 1.29 is 0 Å². The van der Waals surface area contributed by atoms with Crippen molar-refractivity contribution in [1.82, 2.24) is 0 Å². The largest absolute Gasteiger partial charge is 0.375 e. The average molecular weight is 177 g/mol. The van der Waals surface area contributed by atoms with Gasteiger partial charge in [-0.25, -0.2) is 0 Å². The molecule has 72 valence electrons. The van der Waals surface area contributed by atoms with E-state index in [9.17, 15) is 0 Å². The molecule has 0 spiro atoms. The fourth-order valence-electron chi connectivity index (χ4n) is 1.41. The molecule has 13 heavy (non-hydrogen) atoms. The molecule has 0 heterocycles. The van der Waals surface area contributed by atoms with Crippen molar-refractivity contribution in [2.75, 3.05) is 18.5 Å². The number of nitrogens with zero attached hydrogens (tertiary/aromatic N) is 1. The SMILES string of the molecule is CCCCCN(C)c1ccccc1. The van der Waals surface area contributed by atoms with E-state index in [0.29, 0.717) is 0 Å². The van der Waals surface area contributed by atoms with Crippen LogP contribution in [0.4, 0.5) is 5.69 Å². The van der Waals surface area contributed by atoms with Gasteiger partial charge in [-0.1, -0.05) is 38.0 Å².